The molecule has 0 aliphatic carbocycles. The highest BCUT2D eigenvalue weighted by Crippen LogP contribution is 2.44. The Bertz CT molecular complexity index is 727. The van der Waals surface area contributed by atoms with E-state index in [0.717, 1.165) is 24.7 Å². The number of hydrogen-bond acceptors (Lipinski definition) is 6. The van der Waals surface area contributed by atoms with Crippen LogP contribution in [0, 0.1) is 11.3 Å². The van der Waals surface area contributed by atoms with Crippen molar-refractivity contribution < 1.29 is 9.53 Å². The molecule has 2 fully saturated rings. The molecule has 2 saturated heterocycles. The van der Waals surface area contributed by atoms with Gasteiger partial charge in [0.15, 0.2) is 0 Å². The third kappa shape index (κ3) is 3.32. The summed E-state index contributed by atoms with van der Waals surface area (Å²) in [6, 6.07) is 7.50. The van der Waals surface area contributed by atoms with E-state index in [1.165, 1.54) is 0 Å². The molecule has 1 N–H and O–H groups in total. The van der Waals surface area contributed by atoms with Crippen molar-refractivity contribution in [3.05, 3.63) is 48.5 Å². The number of fused-ring (bicyclic) bond motifs is 1. The Morgan fingerprint density at radius 1 is 1.24 bits per heavy atom. The largest absolute Gasteiger partial charge is 0.380 e. The highest BCUT2D eigenvalue weighted by Gasteiger charge is 2.52. The van der Waals surface area contributed by atoms with Crippen LogP contribution in [0.3, 0.4) is 0 Å². The molecule has 25 heavy (non-hydrogen) atoms. The topological polar surface area (TPSA) is 80.2 Å². The fraction of sp³-hybridized carbons (Fsp3) is 0.444. The molecule has 7 nitrogen and oxygen atoms in total. The minimum Gasteiger partial charge on any atom is -0.380 e. The quantitative estimate of drug-likeness (QED) is 0.876. The molecule has 2 aromatic rings. The Kier molecular flexibility index (Phi) is 4.31. The normalized spacial score (nSPS) is 25.0. The molecule has 2 aliphatic heterocycles. The van der Waals surface area contributed by atoms with Crippen molar-refractivity contribution in [2.24, 2.45) is 11.3 Å². The second-order valence-electron chi connectivity index (χ2n) is 6.78. The summed E-state index contributed by atoms with van der Waals surface area (Å²) in [6.07, 6.45) is 5.68. The van der Waals surface area contributed by atoms with E-state index in [2.05, 4.69) is 25.2 Å². The Morgan fingerprint density at radius 3 is 2.88 bits per heavy atom. The number of pyridine rings is 1. The van der Waals surface area contributed by atoms with Crippen LogP contribution in [0.15, 0.2) is 42.9 Å². The summed E-state index contributed by atoms with van der Waals surface area (Å²) >= 11 is 0. The molecule has 0 bridgehead atoms. The minimum absolute atomic E-state index is 0.0389. The van der Waals surface area contributed by atoms with Gasteiger partial charge >= 0.3 is 0 Å². The number of anilines is 1. The molecule has 7 heteroatoms. The molecule has 2 aliphatic rings. The number of aromatic nitrogens is 3. The van der Waals surface area contributed by atoms with Gasteiger partial charge in [0.05, 0.1) is 25.5 Å². The molecule has 0 spiro atoms. The molecular formula is C18H21N5O2. The summed E-state index contributed by atoms with van der Waals surface area (Å²) in [6.45, 7) is 3.33. The summed E-state index contributed by atoms with van der Waals surface area (Å²) < 4.78 is 5.70. The summed E-state index contributed by atoms with van der Waals surface area (Å²) in [5, 5.41) is 2.98. The molecular weight excluding hydrogens is 318 g/mol. The standard InChI is InChI=1S/C18H21N5O2/c24-16(22-9-15-4-1-2-5-19-15)8-18-12-23(10-14(18)11-25-13-18)17-20-6-3-7-21-17/h1-7,14H,8-13H2,(H,22,24)/t14-,18-/m1/s1. The lowest BCUT2D eigenvalue weighted by Gasteiger charge is -2.26. The third-order valence-electron chi connectivity index (χ3n) is 5.06. The number of nitrogens with one attached hydrogen (secondary N) is 1. The van der Waals surface area contributed by atoms with Crippen molar-refractivity contribution in [2.75, 3.05) is 31.2 Å². The Balaban J connectivity index is 1.40. The van der Waals surface area contributed by atoms with Gasteiger partial charge in [0.1, 0.15) is 0 Å². The first-order valence-electron chi connectivity index (χ1n) is 8.51. The van der Waals surface area contributed by atoms with Crippen LogP contribution in [0.4, 0.5) is 5.95 Å². The van der Waals surface area contributed by atoms with Gasteiger partial charge in [-0.25, -0.2) is 9.97 Å². The molecule has 2 aromatic heterocycles. The number of rotatable bonds is 5. The second-order valence-corrected chi connectivity index (χ2v) is 6.78. The van der Waals surface area contributed by atoms with Gasteiger partial charge < -0.3 is 15.0 Å². The zero-order chi connectivity index (χ0) is 17.1. The van der Waals surface area contributed by atoms with E-state index in [1.807, 2.05) is 24.3 Å². The van der Waals surface area contributed by atoms with Gasteiger partial charge in [-0.1, -0.05) is 6.07 Å². The van der Waals surface area contributed by atoms with Crippen molar-refractivity contribution in [1.29, 1.82) is 0 Å². The lowest BCUT2D eigenvalue weighted by molar-refractivity contribution is -0.123. The molecule has 4 heterocycles. The highest BCUT2D eigenvalue weighted by atomic mass is 16.5. The maximum atomic E-state index is 12.5. The molecule has 2 atom stereocenters. The van der Waals surface area contributed by atoms with Crippen LogP contribution in [-0.2, 0) is 16.1 Å². The smallest absolute Gasteiger partial charge is 0.225 e. The van der Waals surface area contributed by atoms with Gasteiger partial charge in [-0.3, -0.25) is 9.78 Å². The zero-order valence-electron chi connectivity index (χ0n) is 14.0. The number of carbonyl (C=O) groups excluding carboxylic acids is 1. The monoisotopic (exact) mass is 339 g/mol. The van der Waals surface area contributed by atoms with Crippen molar-refractivity contribution >= 4 is 11.9 Å². The molecule has 0 radical (unpaired) electrons. The van der Waals surface area contributed by atoms with E-state index >= 15 is 0 Å². The summed E-state index contributed by atoms with van der Waals surface area (Å²) in [4.78, 5) is 27.6. The number of carbonyl (C=O) groups is 1. The Hall–Kier alpha value is -2.54. The number of hydrogen-bond donors (Lipinski definition) is 1. The predicted molar refractivity (Wildman–Crippen MR) is 91.7 cm³/mol. The predicted octanol–water partition coefficient (Wildman–Crippen LogP) is 1.03. The summed E-state index contributed by atoms with van der Waals surface area (Å²) in [7, 11) is 0. The Morgan fingerprint density at radius 2 is 2.08 bits per heavy atom. The summed E-state index contributed by atoms with van der Waals surface area (Å²) in [5.74, 6) is 1.10. The van der Waals surface area contributed by atoms with Gasteiger partial charge in [0, 0.05) is 49.4 Å². The fourth-order valence-electron chi connectivity index (χ4n) is 3.76. The SMILES string of the molecule is O=C(C[C@@]12COC[C@H]1CN(c1ncccn1)C2)NCc1ccccn1. The van der Waals surface area contributed by atoms with Gasteiger partial charge in [-0.15, -0.1) is 0 Å². The van der Waals surface area contributed by atoms with Crippen LogP contribution in [0.5, 0.6) is 0 Å². The van der Waals surface area contributed by atoms with Crippen LogP contribution in [-0.4, -0.2) is 47.2 Å². The number of nitrogens with zero attached hydrogens (tertiary/aromatic N) is 4. The minimum atomic E-state index is -0.159. The first kappa shape index (κ1) is 16.0. The number of amides is 1. The lowest BCUT2D eigenvalue weighted by atomic mass is 9.78. The average Bonchev–Trinajstić information content (AvgIpc) is 3.18. The molecule has 1 amide bonds. The van der Waals surface area contributed by atoms with Crippen LogP contribution < -0.4 is 10.2 Å². The van der Waals surface area contributed by atoms with Gasteiger partial charge in [-0.2, -0.15) is 0 Å². The fourth-order valence-corrected chi connectivity index (χ4v) is 3.76. The van der Waals surface area contributed by atoms with E-state index in [9.17, 15) is 4.79 Å². The second kappa shape index (κ2) is 6.76. The van der Waals surface area contributed by atoms with E-state index in [-0.39, 0.29) is 11.3 Å². The van der Waals surface area contributed by atoms with E-state index in [0.29, 0.717) is 32.1 Å². The van der Waals surface area contributed by atoms with Gasteiger partial charge in [0.25, 0.3) is 0 Å². The average molecular weight is 339 g/mol. The van der Waals surface area contributed by atoms with Gasteiger partial charge in [-0.05, 0) is 18.2 Å². The first-order valence-corrected chi connectivity index (χ1v) is 8.51. The van der Waals surface area contributed by atoms with Crippen LogP contribution in [0.1, 0.15) is 12.1 Å². The van der Waals surface area contributed by atoms with Crippen LogP contribution in [0.2, 0.25) is 0 Å². The zero-order valence-corrected chi connectivity index (χ0v) is 14.0. The van der Waals surface area contributed by atoms with Crippen LogP contribution in [0.25, 0.3) is 0 Å². The molecule has 0 aromatic carbocycles. The van der Waals surface area contributed by atoms with Crippen LogP contribution >= 0.6 is 0 Å². The van der Waals surface area contributed by atoms with Crippen molar-refractivity contribution in [3.8, 4) is 0 Å². The highest BCUT2D eigenvalue weighted by molar-refractivity contribution is 5.77. The molecule has 4 rings (SSSR count). The number of ether oxygens (including phenoxy) is 1. The Labute approximate surface area is 146 Å². The molecule has 130 valence electrons. The van der Waals surface area contributed by atoms with Crippen molar-refractivity contribution in [2.45, 2.75) is 13.0 Å². The van der Waals surface area contributed by atoms with E-state index < -0.39 is 0 Å². The third-order valence-corrected chi connectivity index (χ3v) is 5.06. The van der Waals surface area contributed by atoms with E-state index in [4.69, 9.17) is 4.74 Å². The maximum absolute atomic E-state index is 12.5. The van der Waals surface area contributed by atoms with E-state index in [1.54, 1.807) is 18.6 Å². The van der Waals surface area contributed by atoms with Gasteiger partial charge in [0.2, 0.25) is 11.9 Å². The van der Waals surface area contributed by atoms with Crippen molar-refractivity contribution in [1.82, 2.24) is 20.3 Å². The van der Waals surface area contributed by atoms with Crippen molar-refractivity contribution in [3.63, 3.8) is 0 Å². The molecule has 0 saturated carbocycles. The maximum Gasteiger partial charge on any atom is 0.225 e. The summed E-state index contributed by atoms with van der Waals surface area (Å²) in [5.41, 5.74) is 0.700. The lowest BCUT2D eigenvalue weighted by Crippen LogP contribution is -2.37. The molecule has 0 unspecified atom stereocenters. The first-order chi connectivity index (χ1) is 12.3.